The molecular weight excluding hydrogens is 580 g/mol. The monoisotopic (exact) mass is 610 g/mol. The molecular formula is C27H30O16. The van der Waals surface area contributed by atoms with Crippen molar-refractivity contribution in [2.75, 3.05) is 6.61 Å². The van der Waals surface area contributed by atoms with E-state index in [-0.39, 0.29) is 16.9 Å². The van der Waals surface area contributed by atoms with Gasteiger partial charge in [-0.3, -0.25) is 4.79 Å². The number of rotatable bonds is 6. The van der Waals surface area contributed by atoms with Gasteiger partial charge in [-0.25, -0.2) is 0 Å². The summed E-state index contributed by atoms with van der Waals surface area (Å²) < 4.78 is 28.0. The quantitative estimate of drug-likeness (QED) is 0.140. The van der Waals surface area contributed by atoms with Crippen LogP contribution in [0.25, 0.3) is 22.3 Å². The molecule has 0 radical (unpaired) electrons. The summed E-state index contributed by atoms with van der Waals surface area (Å²) in [4.78, 5) is 13.6. The van der Waals surface area contributed by atoms with Crippen molar-refractivity contribution in [2.45, 2.75) is 68.3 Å². The van der Waals surface area contributed by atoms with E-state index in [1.165, 1.54) is 13.0 Å². The maximum Gasteiger partial charge on any atom is 0.239 e. The summed E-state index contributed by atoms with van der Waals surface area (Å²) >= 11 is 0. The van der Waals surface area contributed by atoms with E-state index in [4.69, 9.17) is 23.4 Å². The van der Waals surface area contributed by atoms with Crippen molar-refractivity contribution in [3.8, 4) is 40.1 Å². The molecule has 10 atom stereocenters. The molecule has 2 aromatic carbocycles. The lowest BCUT2D eigenvalue weighted by atomic mass is 9.97. The van der Waals surface area contributed by atoms with Crippen molar-refractivity contribution in [3.05, 3.63) is 40.6 Å². The zero-order valence-electron chi connectivity index (χ0n) is 22.3. The molecule has 0 amide bonds. The van der Waals surface area contributed by atoms with E-state index in [1.807, 2.05) is 0 Å². The molecule has 5 rings (SSSR count). The maximum absolute atomic E-state index is 13.6. The van der Waals surface area contributed by atoms with Crippen LogP contribution in [0.5, 0.6) is 28.7 Å². The first-order valence-corrected chi connectivity index (χ1v) is 13.0. The Morgan fingerprint density at radius 3 is 2.16 bits per heavy atom. The highest BCUT2D eigenvalue weighted by Crippen LogP contribution is 2.39. The van der Waals surface area contributed by atoms with Crippen molar-refractivity contribution in [1.82, 2.24) is 0 Å². The minimum absolute atomic E-state index is 0.00476. The van der Waals surface area contributed by atoms with Crippen LogP contribution < -0.4 is 10.2 Å². The predicted octanol–water partition coefficient (Wildman–Crippen LogP) is -1.69. The SMILES string of the molecule is C[C@@H]1O[C@H](Oc2c(-c3ccc(O)c(O)c3)oc3cc(O)cc(O)c3c2=O)[C@H](O)[C@H](O)[C@H]1O[C@@H]1O[C@H](CO)[C@@H](O)[C@H](O)[C@H]1O. The molecule has 0 saturated carbocycles. The van der Waals surface area contributed by atoms with Gasteiger partial charge in [0.25, 0.3) is 0 Å². The molecule has 16 nitrogen and oxygen atoms in total. The van der Waals surface area contributed by atoms with E-state index in [1.54, 1.807) is 0 Å². The third kappa shape index (κ3) is 5.55. The lowest BCUT2D eigenvalue weighted by Gasteiger charge is -2.45. The van der Waals surface area contributed by atoms with Crippen molar-refractivity contribution in [3.63, 3.8) is 0 Å². The first-order valence-electron chi connectivity index (χ1n) is 13.0. The second-order valence-corrected chi connectivity index (χ2v) is 10.2. The van der Waals surface area contributed by atoms with Gasteiger partial charge >= 0.3 is 0 Å². The van der Waals surface area contributed by atoms with Gasteiger partial charge in [-0.1, -0.05) is 0 Å². The van der Waals surface area contributed by atoms with Gasteiger partial charge in [0.05, 0.1) is 12.7 Å². The first kappa shape index (κ1) is 30.7. The number of ether oxygens (including phenoxy) is 4. The lowest BCUT2D eigenvalue weighted by Crippen LogP contribution is -2.64. The smallest absolute Gasteiger partial charge is 0.239 e. The lowest BCUT2D eigenvalue weighted by molar-refractivity contribution is -0.348. The van der Waals surface area contributed by atoms with E-state index in [0.717, 1.165) is 24.3 Å². The molecule has 234 valence electrons. The summed E-state index contributed by atoms with van der Waals surface area (Å²) in [6, 6.07) is 5.32. The van der Waals surface area contributed by atoms with Gasteiger partial charge in [-0.2, -0.15) is 0 Å². The van der Waals surface area contributed by atoms with Crippen LogP contribution in [0.1, 0.15) is 6.92 Å². The average molecular weight is 611 g/mol. The molecule has 2 saturated heterocycles. The second kappa shape index (κ2) is 11.8. The van der Waals surface area contributed by atoms with Crippen LogP contribution in [0.3, 0.4) is 0 Å². The van der Waals surface area contributed by atoms with E-state index in [2.05, 4.69) is 0 Å². The van der Waals surface area contributed by atoms with Crippen LogP contribution in [0.15, 0.2) is 39.5 Å². The molecule has 0 bridgehead atoms. The van der Waals surface area contributed by atoms with Crippen molar-refractivity contribution >= 4 is 11.0 Å². The Labute approximate surface area is 241 Å². The number of aromatic hydroxyl groups is 4. The van der Waals surface area contributed by atoms with Gasteiger partial charge in [-0.15, -0.1) is 0 Å². The molecule has 3 aromatic rings. The molecule has 0 unspecified atom stereocenters. The minimum Gasteiger partial charge on any atom is -0.508 e. The zero-order chi connectivity index (χ0) is 31.3. The van der Waals surface area contributed by atoms with E-state index < -0.39 is 108 Å². The fourth-order valence-electron chi connectivity index (χ4n) is 4.97. The molecule has 1 aromatic heterocycles. The Morgan fingerprint density at radius 2 is 1.49 bits per heavy atom. The van der Waals surface area contributed by atoms with E-state index in [9.17, 15) is 55.9 Å². The Kier molecular flexibility index (Phi) is 8.41. The number of aliphatic hydroxyl groups is 6. The number of benzene rings is 2. The number of phenols is 4. The summed E-state index contributed by atoms with van der Waals surface area (Å²) in [5.41, 5.74) is -1.27. The predicted molar refractivity (Wildman–Crippen MR) is 140 cm³/mol. The Hall–Kier alpha value is -3.71. The van der Waals surface area contributed by atoms with Gasteiger partial charge < -0.3 is 74.4 Å². The number of phenolic OH excluding ortho intramolecular Hbond substituents is 4. The summed E-state index contributed by atoms with van der Waals surface area (Å²) in [7, 11) is 0. The van der Waals surface area contributed by atoms with Crippen molar-refractivity contribution in [1.29, 1.82) is 0 Å². The fraction of sp³-hybridized carbons (Fsp3) is 0.444. The topological polar surface area (TPSA) is 269 Å². The highest BCUT2D eigenvalue weighted by atomic mass is 16.7. The van der Waals surface area contributed by atoms with Crippen LogP contribution in [0.4, 0.5) is 0 Å². The van der Waals surface area contributed by atoms with Gasteiger partial charge in [0, 0.05) is 17.7 Å². The minimum atomic E-state index is -1.93. The standard InChI is InChI=1S/C27H30O16/c1-8-23(42-27-21(37)19(35)17(33)15(7-28)41-27)20(36)22(38)26(39-8)43-25-18(34)16-13(32)5-10(29)6-14(16)40-24(25)9-2-3-11(30)12(31)4-9/h2-6,8,15,17,19-23,26-33,35-38H,7H2,1H3/t8-,15+,17+,19-,20-,21+,22+,23-,26+,27-/m0/s1. The normalized spacial score (nSPS) is 33.0. The molecule has 16 heteroatoms. The molecule has 2 fully saturated rings. The number of fused-ring (bicyclic) bond motifs is 1. The van der Waals surface area contributed by atoms with Gasteiger partial charge in [-0.05, 0) is 25.1 Å². The van der Waals surface area contributed by atoms with Gasteiger partial charge in [0.1, 0.15) is 65.2 Å². The molecule has 2 aliphatic heterocycles. The third-order valence-electron chi connectivity index (χ3n) is 7.31. The number of hydrogen-bond acceptors (Lipinski definition) is 16. The average Bonchev–Trinajstić information content (AvgIpc) is 2.96. The second-order valence-electron chi connectivity index (χ2n) is 10.2. The van der Waals surface area contributed by atoms with Crippen LogP contribution in [0.2, 0.25) is 0 Å². The summed E-state index contributed by atoms with van der Waals surface area (Å²) in [5.74, 6) is -3.19. The van der Waals surface area contributed by atoms with Crippen LogP contribution in [0, 0.1) is 0 Å². The highest BCUT2D eigenvalue weighted by molar-refractivity contribution is 5.88. The van der Waals surface area contributed by atoms with Crippen molar-refractivity contribution < 1.29 is 74.4 Å². The van der Waals surface area contributed by atoms with E-state index in [0.29, 0.717) is 0 Å². The third-order valence-corrected chi connectivity index (χ3v) is 7.31. The Bertz CT molecular complexity index is 1540. The highest BCUT2D eigenvalue weighted by Gasteiger charge is 2.50. The molecule has 0 spiro atoms. The largest absolute Gasteiger partial charge is 0.508 e. The summed E-state index contributed by atoms with van der Waals surface area (Å²) in [5, 5.41) is 101. The molecule has 43 heavy (non-hydrogen) atoms. The maximum atomic E-state index is 13.6. The summed E-state index contributed by atoms with van der Waals surface area (Å²) in [6.45, 7) is 0.657. The number of aliphatic hydroxyl groups excluding tert-OH is 6. The Morgan fingerprint density at radius 1 is 0.791 bits per heavy atom. The molecule has 2 aliphatic rings. The number of hydrogen-bond donors (Lipinski definition) is 10. The van der Waals surface area contributed by atoms with Crippen molar-refractivity contribution in [2.24, 2.45) is 0 Å². The first-order chi connectivity index (χ1) is 20.3. The molecule has 3 heterocycles. The fourth-order valence-corrected chi connectivity index (χ4v) is 4.97. The van der Waals surface area contributed by atoms with Gasteiger partial charge in [0.2, 0.25) is 17.5 Å². The molecule has 10 N–H and O–H groups in total. The summed E-state index contributed by atoms with van der Waals surface area (Å²) in [6.07, 6.45) is -16.3. The van der Waals surface area contributed by atoms with E-state index >= 15 is 0 Å². The van der Waals surface area contributed by atoms with Crippen LogP contribution in [-0.4, -0.2) is 119 Å². The Balaban J connectivity index is 1.47. The zero-order valence-corrected chi connectivity index (χ0v) is 22.3. The molecule has 0 aliphatic carbocycles. The van der Waals surface area contributed by atoms with Gasteiger partial charge in [0.15, 0.2) is 23.5 Å². The van der Waals surface area contributed by atoms with Crippen LogP contribution >= 0.6 is 0 Å². The van der Waals surface area contributed by atoms with Crippen LogP contribution in [-0.2, 0) is 14.2 Å².